The summed E-state index contributed by atoms with van der Waals surface area (Å²) in [5.41, 5.74) is 5.37. The molecule has 1 aliphatic rings. The second-order valence-electron chi connectivity index (χ2n) is 8.91. The van der Waals surface area contributed by atoms with Crippen molar-refractivity contribution in [2.24, 2.45) is 21.8 Å². The number of aliphatic imine (C=N–C) groups is 2. The van der Waals surface area contributed by atoms with Crippen molar-refractivity contribution in [3.63, 3.8) is 0 Å². The Labute approximate surface area is 210 Å². The number of thiazole rings is 1. The van der Waals surface area contributed by atoms with Gasteiger partial charge < -0.3 is 15.3 Å². The molecule has 0 saturated carbocycles. The molecule has 1 aliphatic heterocycles. The topological polar surface area (TPSA) is 107 Å². The first-order valence-electron chi connectivity index (χ1n) is 11.6. The lowest BCUT2D eigenvalue weighted by molar-refractivity contribution is -0.140. The molecule has 2 aromatic rings. The van der Waals surface area contributed by atoms with E-state index in [2.05, 4.69) is 26.9 Å². The second-order valence-corrected chi connectivity index (χ2v) is 9.76. The number of aryl methyl sites for hydroxylation is 1. The van der Waals surface area contributed by atoms with Crippen molar-refractivity contribution in [1.82, 2.24) is 15.2 Å². The highest BCUT2D eigenvalue weighted by atomic mass is 32.1. The summed E-state index contributed by atoms with van der Waals surface area (Å²) in [4.78, 5) is 41.8. The number of benzene rings is 1. The number of rotatable bonds is 9. The van der Waals surface area contributed by atoms with Crippen LogP contribution in [0.3, 0.4) is 0 Å². The third-order valence-electron chi connectivity index (χ3n) is 6.11. The zero-order chi connectivity index (χ0) is 25.5. The molecule has 2 amide bonds. The molecule has 2 heterocycles. The monoisotopic (exact) mass is 495 g/mol. The maximum absolute atomic E-state index is 13.5. The Morgan fingerprint density at radius 3 is 2.63 bits per heavy atom. The van der Waals surface area contributed by atoms with Gasteiger partial charge in [0.15, 0.2) is 0 Å². The molecule has 8 nitrogen and oxygen atoms in total. The van der Waals surface area contributed by atoms with E-state index in [0.717, 1.165) is 21.7 Å². The van der Waals surface area contributed by atoms with Crippen molar-refractivity contribution in [3.8, 4) is 10.4 Å². The fraction of sp³-hybridized carbons (Fsp3) is 0.423. The van der Waals surface area contributed by atoms with Crippen molar-refractivity contribution < 1.29 is 14.7 Å². The van der Waals surface area contributed by atoms with Gasteiger partial charge in [-0.25, -0.2) is 4.98 Å². The van der Waals surface area contributed by atoms with Crippen LogP contribution in [-0.4, -0.2) is 64.5 Å². The van der Waals surface area contributed by atoms with E-state index in [4.69, 9.17) is 0 Å². The highest BCUT2D eigenvalue weighted by molar-refractivity contribution is 7.13. The van der Waals surface area contributed by atoms with Gasteiger partial charge in [-0.1, -0.05) is 44.7 Å². The van der Waals surface area contributed by atoms with Crippen LogP contribution in [0.25, 0.3) is 10.4 Å². The zero-order valence-electron chi connectivity index (χ0n) is 20.6. The number of carbonyl (C=O) groups excluding carboxylic acids is 2. The molecule has 9 heteroatoms. The first-order valence-corrected chi connectivity index (χ1v) is 12.5. The third-order valence-corrected chi connectivity index (χ3v) is 7.09. The Balaban J connectivity index is 1.70. The van der Waals surface area contributed by atoms with Crippen molar-refractivity contribution in [2.45, 2.75) is 45.9 Å². The van der Waals surface area contributed by atoms with Gasteiger partial charge in [-0.05, 0) is 24.0 Å². The molecular formula is C26H33N5O3S. The molecule has 3 atom stereocenters. The van der Waals surface area contributed by atoms with Crippen LogP contribution in [0.15, 0.2) is 52.5 Å². The van der Waals surface area contributed by atoms with Crippen molar-refractivity contribution in [3.05, 3.63) is 53.8 Å². The van der Waals surface area contributed by atoms with Crippen LogP contribution in [0.1, 0.15) is 31.5 Å². The maximum atomic E-state index is 13.5. The molecule has 3 rings (SSSR count). The number of carbonyl (C=O) groups is 2. The van der Waals surface area contributed by atoms with Gasteiger partial charge in [0.2, 0.25) is 11.8 Å². The average molecular weight is 496 g/mol. The van der Waals surface area contributed by atoms with Gasteiger partial charge >= 0.3 is 0 Å². The van der Waals surface area contributed by atoms with E-state index >= 15 is 0 Å². The highest BCUT2D eigenvalue weighted by Gasteiger charge is 2.42. The zero-order valence-corrected chi connectivity index (χ0v) is 21.5. The van der Waals surface area contributed by atoms with Crippen molar-refractivity contribution in [2.75, 3.05) is 13.6 Å². The Morgan fingerprint density at radius 2 is 2.06 bits per heavy atom. The minimum Gasteiger partial charge on any atom is -0.391 e. The maximum Gasteiger partial charge on any atom is 0.243 e. The van der Waals surface area contributed by atoms with Gasteiger partial charge in [0.1, 0.15) is 6.04 Å². The van der Waals surface area contributed by atoms with E-state index in [0.29, 0.717) is 12.3 Å². The second kappa shape index (κ2) is 12.0. The number of β-amino-alcohol motifs (C(OH)–C–C–N with tert-alkyl or cyclic N) is 1. The summed E-state index contributed by atoms with van der Waals surface area (Å²) in [5, 5.41) is 13.2. The quantitative estimate of drug-likeness (QED) is 0.521. The number of aromatic nitrogens is 1. The van der Waals surface area contributed by atoms with E-state index in [9.17, 15) is 14.7 Å². The number of likely N-dealkylation sites (tertiary alicyclic amines) is 1. The van der Waals surface area contributed by atoms with E-state index in [1.54, 1.807) is 18.4 Å². The Hall–Kier alpha value is -3.17. The fourth-order valence-corrected chi connectivity index (χ4v) is 5.12. The predicted molar refractivity (Wildman–Crippen MR) is 141 cm³/mol. The van der Waals surface area contributed by atoms with Crippen LogP contribution in [0, 0.1) is 18.8 Å². The molecular weight excluding hydrogens is 462 g/mol. The summed E-state index contributed by atoms with van der Waals surface area (Å²) in [7, 11) is 1.61. The number of aliphatic hydroxyl groups is 1. The average Bonchev–Trinajstić information content (AvgIpc) is 3.45. The Bertz CT molecular complexity index is 1110. The highest BCUT2D eigenvalue weighted by Crippen LogP contribution is 2.27. The van der Waals surface area contributed by atoms with E-state index < -0.39 is 18.1 Å². The minimum atomic E-state index is -0.756. The van der Waals surface area contributed by atoms with Crippen LogP contribution in [0.5, 0.6) is 0 Å². The predicted octanol–water partition coefficient (Wildman–Crippen LogP) is 3.25. The number of hydrogen-bond acceptors (Lipinski definition) is 7. The van der Waals surface area contributed by atoms with E-state index in [1.807, 2.05) is 50.5 Å². The van der Waals surface area contributed by atoms with Crippen LogP contribution < -0.4 is 5.32 Å². The lowest BCUT2D eigenvalue weighted by atomic mass is 9.89. The summed E-state index contributed by atoms with van der Waals surface area (Å²) < 4.78 is 0. The summed E-state index contributed by atoms with van der Waals surface area (Å²) in [6.07, 6.45) is 2.35. The molecule has 186 valence electrons. The normalized spacial score (nSPS) is 19.4. The molecule has 0 spiro atoms. The van der Waals surface area contributed by atoms with Gasteiger partial charge in [0, 0.05) is 39.0 Å². The summed E-state index contributed by atoms with van der Waals surface area (Å²) >= 11 is 1.60. The standard InChI is InChI=1S/C26H33N5O3S/c1-6-28-13-21(27-5)23(16(2)3)26(34)31-14-20(32)11-22(31)25(33)29-12-18-7-9-19(10-8-18)24-17(4)30-15-35-24/h6-10,13,15-16,20,22-23,32H,1,11-12,14H2,2-5H3,(H,29,33)/b27-21+,28-13-/t20-,22+,23-/m1/s1. The molecule has 1 aromatic heterocycles. The van der Waals surface area contributed by atoms with E-state index in [1.165, 1.54) is 17.3 Å². The fourth-order valence-electron chi connectivity index (χ4n) is 4.30. The van der Waals surface area contributed by atoms with Gasteiger partial charge in [0.05, 0.1) is 33.8 Å². The molecule has 1 saturated heterocycles. The van der Waals surface area contributed by atoms with E-state index in [-0.39, 0.29) is 30.7 Å². The largest absolute Gasteiger partial charge is 0.391 e. The third kappa shape index (κ3) is 6.29. The molecule has 0 bridgehead atoms. The molecule has 0 aliphatic carbocycles. The number of hydrogen-bond donors (Lipinski definition) is 2. The smallest absolute Gasteiger partial charge is 0.243 e. The first kappa shape index (κ1) is 26.4. The first-order chi connectivity index (χ1) is 16.8. The molecule has 0 radical (unpaired) electrons. The minimum absolute atomic E-state index is 0.0698. The lowest BCUT2D eigenvalue weighted by Gasteiger charge is -2.29. The number of aliphatic hydroxyl groups excluding tert-OH is 1. The van der Waals surface area contributed by atoms with Gasteiger partial charge in [-0.2, -0.15) is 0 Å². The summed E-state index contributed by atoms with van der Waals surface area (Å²) in [6, 6.07) is 7.23. The van der Waals surface area contributed by atoms with Gasteiger partial charge in [0.25, 0.3) is 0 Å². The molecule has 1 fully saturated rings. The van der Waals surface area contributed by atoms with Crippen LogP contribution in [0.4, 0.5) is 0 Å². The number of nitrogens with zero attached hydrogens (tertiary/aromatic N) is 4. The number of nitrogens with one attached hydrogen (secondary N) is 1. The molecule has 35 heavy (non-hydrogen) atoms. The lowest BCUT2D eigenvalue weighted by Crippen LogP contribution is -2.50. The Kier molecular flexibility index (Phi) is 9.06. The Morgan fingerprint density at radius 1 is 1.34 bits per heavy atom. The van der Waals surface area contributed by atoms with Gasteiger partial charge in [-0.15, -0.1) is 11.3 Å². The van der Waals surface area contributed by atoms with Crippen molar-refractivity contribution >= 4 is 35.1 Å². The molecule has 2 N–H and O–H groups in total. The molecule has 1 aromatic carbocycles. The van der Waals surface area contributed by atoms with Crippen molar-refractivity contribution in [1.29, 1.82) is 0 Å². The summed E-state index contributed by atoms with van der Waals surface area (Å²) in [5.74, 6) is -1.17. The number of amides is 2. The van der Waals surface area contributed by atoms with Gasteiger partial charge in [-0.3, -0.25) is 19.6 Å². The van der Waals surface area contributed by atoms with Crippen LogP contribution >= 0.6 is 11.3 Å². The van der Waals surface area contributed by atoms with Crippen LogP contribution in [0.2, 0.25) is 0 Å². The SMILES string of the molecule is C=C/N=C\C(=N/C)[C@H](C(=O)N1C[C@H](O)C[C@H]1C(=O)NCc1ccc(-c2scnc2C)cc1)C(C)C. The van der Waals surface area contributed by atoms with Crippen LogP contribution in [-0.2, 0) is 16.1 Å². The summed E-state index contributed by atoms with van der Waals surface area (Å²) in [6.45, 7) is 9.84. The molecule has 0 unspecified atom stereocenters.